The molecule has 0 radical (unpaired) electrons. The van der Waals surface area contributed by atoms with Gasteiger partial charge in [0.2, 0.25) is 5.91 Å². The van der Waals surface area contributed by atoms with Gasteiger partial charge < -0.3 is 5.32 Å². The van der Waals surface area contributed by atoms with E-state index in [1.54, 1.807) is 24.3 Å². The first-order valence-electron chi connectivity index (χ1n) is 9.32. The maximum atomic E-state index is 12.3. The van der Waals surface area contributed by atoms with E-state index in [0.717, 1.165) is 28.1 Å². The molecule has 0 bridgehead atoms. The molecular formula is C21H22N4O3S. The molecule has 1 heterocycles. The Morgan fingerprint density at radius 3 is 2.28 bits per heavy atom. The summed E-state index contributed by atoms with van der Waals surface area (Å²) in [5.41, 5.74) is 8.96. The minimum atomic E-state index is -0.383. The fraction of sp³-hybridized carbons (Fsp3) is 0.238. The number of aryl methyl sites for hydroxylation is 2. The summed E-state index contributed by atoms with van der Waals surface area (Å²) in [5, 5.41) is 3.35. The number of carbonyl (C=O) groups excluding carboxylic acids is 3. The minimum Gasteiger partial charge on any atom is -0.331 e. The van der Waals surface area contributed by atoms with Crippen molar-refractivity contribution in [3.05, 3.63) is 64.7 Å². The van der Waals surface area contributed by atoms with Gasteiger partial charge in [0, 0.05) is 18.7 Å². The van der Waals surface area contributed by atoms with Crippen LogP contribution >= 0.6 is 12.2 Å². The number of imide groups is 1. The van der Waals surface area contributed by atoms with E-state index in [4.69, 9.17) is 12.2 Å². The van der Waals surface area contributed by atoms with Crippen LogP contribution in [0.1, 0.15) is 45.2 Å². The van der Waals surface area contributed by atoms with Crippen LogP contribution < -0.4 is 16.2 Å². The van der Waals surface area contributed by atoms with Gasteiger partial charge in [-0.1, -0.05) is 37.3 Å². The first-order valence-corrected chi connectivity index (χ1v) is 9.72. The highest BCUT2D eigenvalue weighted by molar-refractivity contribution is 7.80. The zero-order chi connectivity index (χ0) is 21.0. The summed E-state index contributed by atoms with van der Waals surface area (Å²) in [5.74, 6) is -1.14. The normalized spacial score (nSPS) is 12.6. The lowest BCUT2D eigenvalue weighted by Crippen LogP contribution is -2.45. The summed E-state index contributed by atoms with van der Waals surface area (Å²) in [6.07, 6.45) is 0.810. The molecule has 0 aliphatic carbocycles. The number of fused-ring (bicyclic) bond motifs is 1. The molecule has 3 amide bonds. The van der Waals surface area contributed by atoms with Gasteiger partial charge in [0.1, 0.15) is 0 Å². The van der Waals surface area contributed by atoms with Crippen LogP contribution in [-0.2, 0) is 11.2 Å². The minimum absolute atomic E-state index is 0.00216. The Morgan fingerprint density at radius 2 is 1.66 bits per heavy atom. The van der Waals surface area contributed by atoms with E-state index < -0.39 is 0 Å². The Labute approximate surface area is 174 Å². The van der Waals surface area contributed by atoms with Crippen LogP contribution in [0.4, 0.5) is 5.69 Å². The molecule has 0 saturated heterocycles. The summed E-state index contributed by atoms with van der Waals surface area (Å²) in [6.45, 7) is 4.03. The highest BCUT2D eigenvalue weighted by atomic mass is 32.1. The Kier molecular flexibility index (Phi) is 6.23. The second-order valence-corrected chi connectivity index (χ2v) is 7.06. The first-order chi connectivity index (χ1) is 13.9. The molecule has 0 saturated carbocycles. The molecule has 2 aromatic carbocycles. The van der Waals surface area contributed by atoms with Gasteiger partial charge in [-0.15, -0.1) is 0 Å². The van der Waals surface area contributed by atoms with Gasteiger partial charge in [-0.25, -0.2) is 0 Å². The van der Waals surface area contributed by atoms with Gasteiger partial charge in [-0.3, -0.25) is 30.1 Å². The van der Waals surface area contributed by atoms with Gasteiger partial charge in [0.05, 0.1) is 11.1 Å². The molecule has 0 unspecified atom stereocenters. The third-order valence-electron chi connectivity index (χ3n) is 4.73. The maximum absolute atomic E-state index is 12.3. The van der Waals surface area contributed by atoms with Crippen LogP contribution in [0.15, 0.2) is 42.5 Å². The SMILES string of the molecule is CCc1cccc(C)c1NC(=S)NNC(=O)CCN1C(=O)c2ccccc2C1=O. The van der Waals surface area contributed by atoms with E-state index in [9.17, 15) is 14.4 Å². The lowest BCUT2D eigenvalue weighted by molar-refractivity contribution is -0.121. The Balaban J connectivity index is 1.49. The molecule has 1 aliphatic rings. The third kappa shape index (κ3) is 4.43. The van der Waals surface area contributed by atoms with Crippen molar-refractivity contribution < 1.29 is 14.4 Å². The average Bonchev–Trinajstić information content (AvgIpc) is 2.96. The lowest BCUT2D eigenvalue weighted by atomic mass is 10.1. The largest absolute Gasteiger partial charge is 0.331 e. The number of nitrogens with zero attached hydrogens (tertiary/aromatic N) is 1. The Morgan fingerprint density at radius 1 is 1.00 bits per heavy atom. The Bertz CT molecular complexity index is 955. The van der Waals surface area contributed by atoms with Crippen molar-refractivity contribution in [3.8, 4) is 0 Å². The van der Waals surface area contributed by atoms with E-state index >= 15 is 0 Å². The highest BCUT2D eigenvalue weighted by Gasteiger charge is 2.34. The van der Waals surface area contributed by atoms with Crippen LogP contribution in [0.3, 0.4) is 0 Å². The van der Waals surface area contributed by atoms with Crippen molar-refractivity contribution in [2.75, 3.05) is 11.9 Å². The molecule has 1 aliphatic heterocycles. The number of hydrazine groups is 1. The summed E-state index contributed by atoms with van der Waals surface area (Å²) in [7, 11) is 0. The molecule has 7 nitrogen and oxygen atoms in total. The standard InChI is InChI=1S/C21H22N4O3S/c1-3-14-8-6-7-13(2)18(14)22-21(29)24-23-17(26)11-12-25-19(27)15-9-4-5-10-16(15)20(25)28/h4-10H,3,11-12H2,1-2H3,(H,23,26)(H2,22,24,29). The average molecular weight is 410 g/mol. The predicted octanol–water partition coefficient (Wildman–Crippen LogP) is 2.56. The molecule has 29 heavy (non-hydrogen) atoms. The highest BCUT2D eigenvalue weighted by Crippen LogP contribution is 2.22. The molecule has 2 aromatic rings. The zero-order valence-electron chi connectivity index (χ0n) is 16.2. The van der Waals surface area contributed by atoms with Crippen LogP contribution in [0, 0.1) is 6.92 Å². The van der Waals surface area contributed by atoms with E-state index in [1.165, 1.54) is 0 Å². The fourth-order valence-electron chi connectivity index (χ4n) is 3.19. The van der Waals surface area contributed by atoms with Crippen LogP contribution in [-0.4, -0.2) is 34.3 Å². The quantitative estimate of drug-likeness (QED) is 0.399. The number of thiocarbonyl (C=S) groups is 1. The maximum Gasteiger partial charge on any atom is 0.261 e. The second-order valence-electron chi connectivity index (χ2n) is 6.65. The van der Waals surface area contributed by atoms with Crippen molar-refractivity contribution >= 4 is 40.7 Å². The second kappa shape index (κ2) is 8.83. The lowest BCUT2D eigenvalue weighted by Gasteiger charge is -2.17. The number of amides is 3. The number of rotatable bonds is 5. The van der Waals surface area contributed by atoms with Gasteiger partial charge >= 0.3 is 0 Å². The predicted molar refractivity (Wildman–Crippen MR) is 114 cm³/mol. The molecular weight excluding hydrogens is 388 g/mol. The number of carbonyl (C=O) groups is 3. The van der Waals surface area contributed by atoms with Crippen molar-refractivity contribution in [1.82, 2.24) is 15.8 Å². The van der Waals surface area contributed by atoms with Gasteiger partial charge in [-0.05, 0) is 48.8 Å². The van der Waals surface area contributed by atoms with Crippen molar-refractivity contribution in [3.63, 3.8) is 0 Å². The van der Waals surface area contributed by atoms with Crippen molar-refractivity contribution in [1.29, 1.82) is 0 Å². The number of hydrogen-bond acceptors (Lipinski definition) is 4. The topological polar surface area (TPSA) is 90.5 Å². The van der Waals surface area contributed by atoms with E-state index in [2.05, 4.69) is 23.1 Å². The number of anilines is 1. The smallest absolute Gasteiger partial charge is 0.261 e. The molecule has 3 rings (SSSR count). The van der Waals surface area contributed by atoms with Gasteiger partial charge in [-0.2, -0.15) is 0 Å². The van der Waals surface area contributed by atoms with Crippen molar-refractivity contribution in [2.24, 2.45) is 0 Å². The van der Waals surface area contributed by atoms with E-state index in [-0.39, 0.29) is 35.8 Å². The third-order valence-corrected chi connectivity index (χ3v) is 4.94. The molecule has 0 spiro atoms. The van der Waals surface area contributed by atoms with E-state index in [0.29, 0.717) is 11.1 Å². The summed E-state index contributed by atoms with van der Waals surface area (Å²) in [4.78, 5) is 37.8. The van der Waals surface area contributed by atoms with Gasteiger partial charge in [0.25, 0.3) is 11.8 Å². The molecule has 0 fully saturated rings. The van der Waals surface area contributed by atoms with Gasteiger partial charge in [0.15, 0.2) is 5.11 Å². The number of hydrogen-bond donors (Lipinski definition) is 3. The molecule has 0 atom stereocenters. The first kappa shape index (κ1) is 20.5. The van der Waals surface area contributed by atoms with Crippen LogP contribution in [0.5, 0.6) is 0 Å². The fourth-order valence-corrected chi connectivity index (χ4v) is 3.34. The summed E-state index contributed by atoms with van der Waals surface area (Å²) in [6, 6.07) is 12.6. The molecule has 150 valence electrons. The molecule has 0 aromatic heterocycles. The summed E-state index contributed by atoms with van der Waals surface area (Å²) < 4.78 is 0. The Hall–Kier alpha value is -3.26. The molecule has 8 heteroatoms. The van der Waals surface area contributed by atoms with Crippen LogP contribution in [0.25, 0.3) is 0 Å². The van der Waals surface area contributed by atoms with Crippen molar-refractivity contribution in [2.45, 2.75) is 26.7 Å². The number of benzene rings is 2. The zero-order valence-corrected chi connectivity index (χ0v) is 17.1. The van der Waals surface area contributed by atoms with E-state index in [1.807, 2.05) is 25.1 Å². The summed E-state index contributed by atoms with van der Waals surface area (Å²) >= 11 is 5.24. The number of para-hydroxylation sites is 1. The van der Waals surface area contributed by atoms with Crippen LogP contribution in [0.2, 0.25) is 0 Å². The number of nitrogens with one attached hydrogen (secondary N) is 3. The molecule has 3 N–H and O–H groups in total. The monoisotopic (exact) mass is 410 g/mol.